The Bertz CT molecular complexity index is 657. The van der Waals surface area contributed by atoms with Crippen molar-refractivity contribution in [1.82, 2.24) is 9.97 Å². The summed E-state index contributed by atoms with van der Waals surface area (Å²) in [5.41, 5.74) is 3.06. The first kappa shape index (κ1) is 12.5. The van der Waals surface area contributed by atoms with E-state index in [1.54, 1.807) is 6.20 Å². The maximum Gasteiger partial charge on any atom is 0.233 e. The van der Waals surface area contributed by atoms with Crippen molar-refractivity contribution in [2.24, 2.45) is 0 Å². The van der Waals surface area contributed by atoms with Gasteiger partial charge in [0.25, 0.3) is 0 Å². The number of fused-ring (bicyclic) bond motifs is 1. The fourth-order valence-corrected chi connectivity index (χ4v) is 2.93. The number of carbonyl (C=O) groups is 1. The first-order valence-corrected chi connectivity index (χ1v) is 7.10. The van der Waals surface area contributed by atoms with Crippen LogP contribution in [0.25, 0.3) is 0 Å². The molecule has 1 aliphatic heterocycles. The zero-order valence-corrected chi connectivity index (χ0v) is 12.5. The molecule has 0 bridgehead atoms. The number of aryl methyl sites for hydroxylation is 1. The van der Waals surface area contributed by atoms with Crippen LogP contribution in [0.1, 0.15) is 22.7 Å². The number of anilines is 1. The average molecular weight is 365 g/mol. The van der Waals surface area contributed by atoms with Crippen LogP contribution in [-0.4, -0.2) is 15.9 Å². The van der Waals surface area contributed by atoms with Crippen LogP contribution in [0.15, 0.2) is 30.6 Å². The molecule has 0 saturated carbocycles. The second-order valence-corrected chi connectivity index (χ2v) is 5.85. The van der Waals surface area contributed by atoms with E-state index in [4.69, 9.17) is 0 Å². The van der Waals surface area contributed by atoms with Gasteiger partial charge in [0.2, 0.25) is 5.91 Å². The zero-order valence-electron chi connectivity index (χ0n) is 10.4. The summed E-state index contributed by atoms with van der Waals surface area (Å²) in [5, 5.41) is 2.82. The van der Waals surface area contributed by atoms with Crippen molar-refractivity contribution < 1.29 is 4.79 Å². The van der Waals surface area contributed by atoms with Crippen molar-refractivity contribution >= 4 is 34.3 Å². The SMILES string of the molecule is Cc1cc(I)cnc1C[C@@H]1C(=O)Nc2ncccc21. The van der Waals surface area contributed by atoms with Crippen LogP contribution < -0.4 is 5.32 Å². The van der Waals surface area contributed by atoms with E-state index in [2.05, 4.69) is 43.9 Å². The number of carbonyl (C=O) groups excluding carboxylic acids is 1. The lowest BCUT2D eigenvalue weighted by atomic mass is 9.95. The largest absolute Gasteiger partial charge is 0.310 e. The molecule has 1 amide bonds. The molecule has 0 aromatic carbocycles. The van der Waals surface area contributed by atoms with Crippen LogP contribution in [-0.2, 0) is 11.2 Å². The maximum absolute atomic E-state index is 12.0. The second kappa shape index (κ2) is 4.88. The molecule has 2 aromatic rings. The summed E-state index contributed by atoms with van der Waals surface area (Å²) in [4.78, 5) is 20.7. The molecule has 4 nitrogen and oxygen atoms in total. The summed E-state index contributed by atoms with van der Waals surface area (Å²) in [6, 6.07) is 5.90. The highest BCUT2D eigenvalue weighted by molar-refractivity contribution is 14.1. The van der Waals surface area contributed by atoms with Crippen LogP contribution in [0.5, 0.6) is 0 Å². The fraction of sp³-hybridized carbons (Fsp3) is 0.214. The van der Waals surface area contributed by atoms with E-state index in [0.717, 1.165) is 20.4 Å². The Morgan fingerprint density at radius 1 is 1.42 bits per heavy atom. The lowest BCUT2D eigenvalue weighted by Crippen LogP contribution is -2.15. The summed E-state index contributed by atoms with van der Waals surface area (Å²) in [7, 11) is 0. The highest BCUT2D eigenvalue weighted by atomic mass is 127. The topological polar surface area (TPSA) is 54.9 Å². The van der Waals surface area contributed by atoms with Crippen LogP contribution in [0, 0.1) is 10.5 Å². The van der Waals surface area contributed by atoms with E-state index in [9.17, 15) is 4.79 Å². The Morgan fingerprint density at radius 2 is 2.26 bits per heavy atom. The van der Waals surface area contributed by atoms with Crippen molar-refractivity contribution in [3.05, 3.63) is 51.0 Å². The van der Waals surface area contributed by atoms with E-state index in [-0.39, 0.29) is 11.8 Å². The van der Waals surface area contributed by atoms with Crippen molar-refractivity contribution in [1.29, 1.82) is 0 Å². The number of rotatable bonds is 2. The van der Waals surface area contributed by atoms with Gasteiger partial charge in [-0.15, -0.1) is 0 Å². The number of hydrogen-bond acceptors (Lipinski definition) is 3. The van der Waals surface area contributed by atoms with Gasteiger partial charge in [0, 0.05) is 33.6 Å². The molecule has 0 aliphatic carbocycles. The van der Waals surface area contributed by atoms with Crippen molar-refractivity contribution in [2.75, 3.05) is 5.32 Å². The van der Waals surface area contributed by atoms with Gasteiger partial charge in [-0.2, -0.15) is 0 Å². The molecule has 2 aromatic heterocycles. The number of amides is 1. The molecular formula is C14H12IN3O. The lowest BCUT2D eigenvalue weighted by Gasteiger charge is -2.10. The van der Waals surface area contributed by atoms with Gasteiger partial charge in [-0.1, -0.05) is 6.07 Å². The minimum atomic E-state index is -0.185. The normalized spacial score (nSPS) is 17.2. The third kappa shape index (κ3) is 2.34. The lowest BCUT2D eigenvalue weighted by molar-refractivity contribution is -0.117. The van der Waals surface area contributed by atoms with Gasteiger partial charge >= 0.3 is 0 Å². The predicted octanol–water partition coefficient (Wildman–Crippen LogP) is 2.67. The highest BCUT2D eigenvalue weighted by Gasteiger charge is 2.31. The smallest absolute Gasteiger partial charge is 0.233 e. The number of aromatic nitrogens is 2. The van der Waals surface area contributed by atoms with E-state index >= 15 is 0 Å². The van der Waals surface area contributed by atoms with E-state index in [1.807, 2.05) is 25.3 Å². The molecule has 0 radical (unpaired) electrons. The Balaban J connectivity index is 1.93. The number of pyridine rings is 2. The molecule has 0 saturated heterocycles. The van der Waals surface area contributed by atoms with Crippen LogP contribution in [0.3, 0.4) is 0 Å². The van der Waals surface area contributed by atoms with E-state index in [0.29, 0.717) is 12.2 Å². The monoisotopic (exact) mass is 365 g/mol. The average Bonchev–Trinajstić information content (AvgIpc) is 2.69. The number of nitrogens with one attached hydrogen (secondary N) is 1. The van der Waals surface area contributed by atoms with Crippen LogP contribution >= 0.6 is 22.6 Å². The highest BCUT2D eigenvalue weighted by Crippen LogP contribution is 2.33. The first-order chi connectivity index (χ1) is 9.15. The Kier molecular flexibility index (Phi) is 3.22. The third-order valence-electron chi connectivity index (χ3n) is 3.32. The summed E-state index contributed by atoms with van der Waals surface area (Å²) >= 11 is 2.24. The molecule has 1 aliphatic rings. The molecule has 96 valence electrons. The molecule has 1 N–H and O–H groups in total. The van der Waals surface area contributed by atoms with Gasteiger partial charge in [0.1, 0.15) is 5.82 Å². The molecule has 3 heterocycles. The molecule has 0 spiro atoms. The van der Waals surface area contributed by atoms with Gasteiger partial charge in [0.15, 0.2) is 0 Å². The molecule has 3 rings (SSSR count). The van der Waals surface area contributed by atoms with Gasteiger partial charge in [-0.05, 0) is 47.2 Å². The molecule has 1 atom stereocenters. The van der Waals surface area contributed by atoms with E-state index in [1.165, 1.54) is 0 Å². The Hall–Kier alpha value is -1.50. The molecule has 0 unspecified atom stereocenters. The zero-order chi connectivity index (χ0) is 13.4. The number of hydrogen-bond donors (Lipinski definition) is 1. The third-order valence-corrected chi connectivity index (χ3v) is 3.91. The molecular weight excluding hydrogens is 353 g/mol. The van der Waals surface area contributed by atoms with Crippen molar-refractivity contribution in [3.63, 3.8) is 0 Å². The maximum atomic E-state index is 12.0. The summed E-state index contributed by atoms with van der Waals surface area (Å²) < 4.78 is 1.11. The molecule has 5 heteroatoms. The number of nitrogens with zero attached hydrogens (tertiary/aromatic N) is 2. The number of halogens is 1. The standard InChI is InChI=1S/C14H12IN3O/c1-8-5-9(15)7-17-12(8)6-11-10-3-2-4-16-13(10)18-14(11)19/h2-5,7,11H,6H2,1H3,(H,16,18,19)/t11-/m0/s1. The summed E-state index contributed by atoms with van der Waals surface area (Å²) in [6.45, 7) is 2.03. The van der Waals surface area contributed by atoms with Crippen LogP contribution in [0.4, 0.5) is 5.82 Å². The summed E-state index contributed by atoms with van der Waals surface area (Å²) in [5.74, 6) is 0.504. The van der Waals surface area contributed by atoms with Gasteiger partial charge < -0.3 is 5.32 Å². The predicted molar refractivity (Wildman–Crippen MR) is 81.0 cm³/mol. The van der Waals surface area contributed by atoms with Gasteiger partial charge in [0.05, 0.1) is 5.92 Å². The summed E-state index contributed by atoms with van der Waals surface area (Å²) in [6.07, 6.45) is 4.14. The van der Waals surface area contributed by atoms with Crippen molar-refractivity contribution in [3.8, 4) is 0 Å². The minimum Gasteiger partial charge on any atom is -0.310 e. The quantitative estimate of drug-likeness (QED) is 0.833. The Morgan fingerprint density at radius 3 is 3.05 bits per heavy atom. The minimum absolute atomic E-state index is 0.00782. The molecule has 19 heavy (non-hydrogen) atoms. The van der Waals surface area contributed by atoms with E-state index < -0.39 is 0 Å². The van der Waals surface area contributed by atoms with Gasteiger partial charge in [-0.25, -0.2) is 4.98 Å². The van der Waals surface area contributed by atoms with Gasteiger partial charge in [-0.3, -0.25) is 9.78 Å². The van der Waals surface area contributed by atoms with Crippen molar-refractivity contribution in [2.45, 2.75) is 19.3 Å². The molecule has 0 fully saturated rings. The second-order valence-electron chi connectivity index (χ2n) is 4.60. The Labute approximate surface area is 124 Å². The van der Waals surface area contributed by atoms with Crippen LogP contribution in [0.2, 0.25) is 0 Å². The first-order valence-electron chi connectivity index (χ1n) is 6.02. The fourth-order valence-electron chi connectivity index (χ4n) is 2.33.